The van der Waals surface area contributed by atoms with Crippen molar-refractivity contribution < 1.29 is 22.3 Å². The van der Waals surface area contributed by atoms with Gasteiger partial charge in [0.25, 0.3) is 0 Å². The summed E-state index contributed by atoms with van der Waals surface area (Å²) >= 11 is 0. The molecule has 27 heavy (non-hydrogen) atoms. The molecule has 1 aliphatic carbocycles. The molecule has 1 aromatic carbocycles. The Morgan fingerprint density at radius 2 is 1.89 bits per heavy atom. The van der Waals surface area contributed by atoms with Gasteiger partial charge in [0.1, 0.15) is 18.2 Å². The number of hydrogen-bond donors (Lipinski definition) is 1. The number of ether oxygens (including phenoxy) is 1. The molecule has 1 spiro atoms. The van der Waals surface area contributed by atoms with Crippen LogP contribution in [0.25, 0.3) is 0 Å². The first-order chi connectivity index (χ1) is 12.9. The number of benzene rings is 1. The highest BCUT2D eigenvalue weighted by Gasteiger charge is 2.48. The average Bonchev–Trinajstić information content (AvgIpc) is 3.26. The van der Waals surface area contributed by atoms with Crippen LogP contribution in [0.5, 0.6) is 5.75 Å². The van der Waals surface area contributed by atoms with Crippen molar-refractivity contribution in [2.24, 2.45) is 11.1 Å². The summed E-state index contributed by atoms with van der Waals surface area (Å²) in [5.41, 5.74) is 5.34. The maximum absolute atomic E-state index is 12.7. The van der Waals surface area contributed by atoms with E-state index in [1.807, 2.05) is 0 Å². The van der Waals surface area contributed by atoms with Gasteiger partial charge in [-0.3, -0.25) is 4.79 Å². The average molecular weight is 396 g/mol. The number of likely N-dealkylation sites (tertiary alicyclic amines) is 1. The lowest BCUT2D eigenvalue weighted by atomic mass is 9.85. The Hall–Kier alpha value is -1.93. The highest BCUT2D eigenvalue weighted by Crippen LogP contribution is 2.46. The van der Waals surface area contributed by atoms with E-state index in [9.17, 15) is 17.6 Å². The molecule has 0 atom stereocenters. The predicted molar refractivity (Wildman–Crippen MR) is 99.5 cm³/mol. The largest absolute Gasteiger partial charge is 0.489 e. The topological polar surface area (TPSA) is 89.7 Å². The molecule has 2 fully saturated rings. The SMILES string of the molecule is NCC(=CF)COc1ccc(S(=O)(=O)CN2CCC3(CCCC3)C2=O)cc1. The Balaban J connectivity index is 1.64. The summed E-state index contributed by atoms with van der Waals surface area (Å²) < 4.78 is 43.3. The smallest absolute Gasteiger partial charge is 0.229 e. The summed E-state index contributed by atoms with van der Waals surface area (Å²) in [6, 6.07) is 5.92. The Kier molecular flexibility index (Phi) is 5.86. The zero-order valence-corrected chi connectivity index (χ0v) is 16.0. The van der Waals surface area contributed by atoms with Crippen LogP contribution >= 0.6 is 0 Å². The van der Waals surface area contributed by atoms with Gasteiger partial charge >= 0.3 is 0 Å². The molecule has 148 valence electrons. The van der Waals surface area contributed by atoms with E-state index in [0.29, 0.717) is 24.2 Å². The number of hydrogen-bond acceptors (Lipinski definition) is 5. The van der Waals surface area contributed by atoms with Gasteiger partial charge in [-0.15, -0.1) is 0 Å². The predicted octanol–water partition coefficient (Wildman–Crippen LogP) is 2.40. The van der Waals surface area contributed by atoms with E-state index in [1.54, 1.807) is 0 Å². The summed E-state index contributed by atoms with van der Waals surface area (Å²) in [6.45, 7) is 0.550. The number of carbonyl (C=O) groups excluding carboxylic acids is 1. The van der Waals surface area contributed by atoms with Crippen LogP contribution in [0, 0.1) is 5.41 Å². The van der Waals surface area contributed by atoms with Crippen LogP contribution in [0.15, 0.2) is 41.1 Å². The first-order valence-corrected chi connectivity index (χ1v) is 10.8. The molecule has 1 heterocycles. The number of nitrogens with zero attached hydrogens (tertiary/aromatic N) is 1. The maximum Gasteiger partial charge on any atom is 0.229 e. The Morgan fingerprint density at radius 3 is 2.48 bits per heavy atom. The van der Waals surface area contributed by atoms with Crippen LogP contribution in [0.3, 0.4) is 0 Å². The van der Waals surface area contributed by atoms with Gasteiger partial charge in [0, 0.05) is 18.7 Å². The normalized spacial score (nSPS) is 19.9. The number of sulfone groups is 1. The van der Waals surface area contributed by atoms with Crippen LogP contribution in [0.2, 0.25) is 0 Å². The molecular weight excluding hydrogens is 371 g/mol. The van der Waals surface area contributed by atoms with Gasteiger partial charge in [-0.05, 0) is 43.5 Å². The van der Waals surface area contributed by atoms with E-state index in [2.05, 4.69) is 0 Å². The lowest BCUT2D eigenvalue weighted by Crippen LogP contribution is -2.36. The molecule has 1 aliphatic heterocycles. The molecular formula is C19H25FN2O4S. The molecule has 1 aromatic rings. The molecule has 1 amide bonds. The highest BCUT2D eigenvalue weighted by molar-refractivity contribution is 7.91. The fourth-order valence-corrected chi connectivity index (χ4v) is 5.22. The van der Waals surface area contributed by atoms with Gasteiger partial charge in [-0.1, -0.05) is 12.8 Å². The second kappa shape index (κ2) is 7.98. The van der Waals surface area contributed by atoms with Crippen molar-refractivity contribution in [3.05, 3.63) is 36.2 Å². The van der Waals surface area contributed by atoms with Crippen LogP contribution in [-0.2, 0) is 14.6 Å². The monoisotopic (exact) mass is 396 g/mol. The van der Waals surface area contributed by atoms with Crippen LogP contribution < -0.4 is 10.5 Å². The van der Waals surface area contributed by atoms with E-state index in [4.69, 9.17) is 10.5 Å². The lowest BCUT2D eigenvalue weighted by Gasteiger charge is -2.22. The van der Waals surface area contributed by atoms with Gasteiger partial charge in [-0.25, -0.2) is 12.8 Å². The summed E-state index contributed by atoms with van der Waals surface area (Å²) in [4.78, 5) is 14.3. The van der Waals surface area contributed by atoms with Crippen molar-refractivity contribution in [1.82, 2.24) is 4.90 Å². The van der Waals surface area contributed by atoms with E-state index in [0.717, 1.165) is 32.1 Å². The van der Waals surface area contributed by atoms with Gasteiger partial charge in [0.2, 0.25) is 5.91 Å². The quantitative estimate of drug-likeness (QED) is 0.764. The van der Waals surface area contributed by atoms with Crippen LogP contribution in [-0.4, -0.2) is 44.8 Å². The van der Waals surface area contributed by atoms with Crippen molar-refractivity contribution in [3.63, 3.8) is 0 Å². The molecule has 2 aliphatic rings. The molecule has 0 bridgehead atoms. The first-order valence-electron chi connectivity index (χ1n) is 9.13. The second-order valence-corrected chi connectivity index (χ2v) is 9.24. The Bertz CT molecular complexity index is 815. The zero-order chi connectivity index (χ0) is 19.5. The fourth-order valence-electron chi connectivity index (χ4n) is 3.87. The summed E-state index contributed by atoms with van der Waals surface area (Å²) in [5, 5.41) is 0. The second-order valence-electron chi connectivity index (χ2n) is 7.28. The Labute approximate surface area is 159 Å². The summed E-state index contributed by atoms with van der Waals surface area (Å²) in [7, 11) is -3.62. The van der Waals surface area contributed by atoms with E-state index >= 15 is 0 Å². The fraction of sp³-hybridized carbons (Fsp3) is 0.526. The lowest BCUT2D eigenvalue weighted by molar-refractivity contribution is -0.135. The minimum atomic E-state index is -3.62. The van der Waals surface area contributed by atoms with Crippen LogP contribution in [0.1, 0.15) is 32.1 Å². The summed E-state index contributed by atoms with van der Waals surface area (Å²) in [5.74, 6) is 0.107. The van der Waals surface area contributed by atoms with Crippen LogP contribution in [0.4, 0.5) is 4.39 Å². The molecule has 0 aromatic heterocycles. The molecule has 1 saturated heterocycles. The number of amides is 1. The molecule has 3 rings (SSSR count). The third kappa shape index (κ3) is 4.16. The molecule has 6 nitrogen and oxygen atoms in total. The minimum absolute atomic E-state index is 0.00343. The van der Waals surface area contributed by atoms with Crippen molar-refractivity contribution in [2.75, 3.05) is 25.6 Å². The third-order valence-corrected chi connectivity index (χ3v) is 7.15. The first kappa shape index (κ1) is 19.8. The van der Waals surface area contributed by atoms with E-state index in [-0.39, 0.29) is 35.2 Å². The zero-order valence-electron chi connectivity index (χ0n) is 15.2. The van der Waals surface area contributed by atoms with Gasteiger partial charge in [-0.2, -0.15) is 0 Å². The molecule has 2 N–H and O–H groups in total. The van der Waals surface area contributed by atoms with Crippen molar-refractivity contribution in [2.45, 2.75) is 37.0 Å². The molecule has 1 saturated carbocycles. The van der Waals surface area contributed by atoms with Crippen molar-refractivity contribution in [3.8, 4) is 5.75 Å². The standard InChI is InChI=1S/C19H25FN2O4S/c20-11-15(12-21)13-26-16-3-5-17(6-4-16)27(24,25)14-22-10-9-19(18(22)23)7-1-2-8-19/h3-6,11H,1-2,7-10,12-14,21H2. The minimum Gasteiger partial charge on any atom is -0.489 e. The number of rotatable bonds is 7. The van der Waals surface area contributed by atoms with E-state index in [1.165, 1.54) is 29.2 Å². The number of halogens is 1. The van der Waals surface area contributed by atoms with Crippen molar-refractivity contribution >= 4 is 15.7 Å². The van der Waals surface area contributed by atoms with Crippen molar-refractivity contribution in [1.29, 1.82) is 0 Å². The number of carbonyl (C=O) groups is 1. The highest BCUT2D eigenvalue weighted by atomic mass is 32.2. The maximum atomic E-state index is 12.7. The Morgan fingerprint density at radius 1 is 1.22 bits per heavy atom. The third-order valence-electron chi connectivity index (χ3n) is 5.51. The summed E-state index contributed by atoms with van der Waals surface area (Å²) in [6.07, 6.45) is 4.97. The van der Waals surface area contributed by atoms with Gasteiger partial charge in [0.05, 0.1) is 16.6 Å². The molecule has 0 unspecified atom stereocenters. The molecule has 0 radical (unpaired) electrons. The van der Waals surface area contributed by atoms with Gasteiger partial charge < -0.3 is 15.4 Å². The van der Waals surface area contributed by atoms with E-state index < -0.39 is 9.84 Å². The number of nitrogens with two attached hydrogens (primary N) is 1. The molecule has 8 heteroatoms. The van der Waals surface area contributed by atoms with Gasteiger partial charge in [0.15, 0.2) is 9.84 Å².